The lowest BCUT2D eigenvalue weighted by atomic mass is 9.78. The summed E-state index contributed by atoms with van der Waals surface area (Å²) in [4.78, 5) is 13.3. The van der Waals surface area contributed by atoms with E-state index in [0.29, 0.717) is 0 Å². The fraction of sp³-hybridized carbons (Fsp3) is 0.556. The van der Waals surface area contributed by atoms with Crippen LogP contribution in [-0.2, 0) is 21.7 Å². The zero-order valence-corrected chi connectivity index (χ0v) is 18.7. The van der Waals surface area contributed by atoms with Crippen molar-refractivity contribution in [2.24, 2.45) is 0 Å². The number of alkyl halides is 6. The number of hydrogen-bond donors (Lipinski definition) is 2. The summed E-state index contributed by atoms with van der Waals surface area (Å²) in [7, 11) is -1.18. The third kappa shape index (κ3) is 7.15. The molecule has 192 valence electrons. The normalized spacial score (nSPS) is 16.6. The van der Waals surface area contributed by atoms with Gasteiger partial charge in [-0.2, -0.15) is 26.3 Å². The predicted molar refractivity (Wildman–Crippen MR) is 120 cm³/mol. The molecule has 3 heterocycles. The molecular formula is C18H26BBrF6N6O2. The summed E-state index contributed by atoms with van der Waals surface area (Å²) in [6.07, 6.45) is -7.20. The maximum atomic E-state index is 13.0. The lowest BCUT2D eigenvalue weighted by Gasteiger charge is -2.32. The summed E-state index contributed by atoms with van der Waals surface area (Å²) in [5.74, 6) is -0.844. The van der Waals surface area contributed by atoms with E-state index in [2.05, 4.69) is 35.9 Å². The Morgan fingerprint density at radius 1 is 0.794 bits per heavy atom. The van der Waals surface area contributed by atoms with Crippen LogP contribution in [0, 0.1) is 0 Å². The van der Waals surface area contributed by atoms with Crippen LogP contribution >= 0.6 is 15.9 Å². The number of hydrogen-bond acceptors (Lipinski definition) is 8. The average molecular weight is 563 g/mol. The first-order valence-corrected chi connectivity index (χ1v) is 9.55. The quantitative estimate of drug-likeness (QED) is 0.385. The van der Waals surface area contributed by atoms with E-state index in [1.165, 1.54) is 0 Å². The van der Waals surface area contributed by atoms with Crippen molar-refractivity contribution in [2.45, 2.75) is 66.1 Å². The highest BCUT2D eigenvalue weighted by atomic mass is 79.9. The second-order valence-corrected chi connectivity index (χ2v) is 8.40. The highest BCUT2D eigenvalue weighted by molar-refractivity contribution is 9.10. The van der Waals surface area contributed by atoms with Gasteiger partial charge in [-0.15, -0.1) is 0 Å². The number of aromatic nitrogens is 4. The van der Waals surface area contributed by atoms with E-state index in [4.69, 9.17) is 20.8 Å². The number of nitrogen functional groups attached to an aromatic ring is 2. The van der Waals surface area contributed by atoms with E-state index in [1.54, 1.807) is 27.7 Å². The molecular weight excluding hydrogens is 537 g/mol. The molecule has 0 unspecified atom stereocenters. The minimum absolute atomic E-state index is 0. The van der Waals surface area contributed by atoms with Gasteiger partial charge in [0.2, 0.25) is 11.9 Å². The molecule has 34 heavy (non-hydrogen) atoms. The van der Waals surface area contributed by atoms with Crippen molar-refractivity contribution < 1.29 is 35.7 Å². The third-order valence-electron chi connectivity index (χ3n) is 4.64. The Morgan fingerprint density at radius 3 is 1.56 bits per heavy atom. The smallest absolute Gasteiger partial charge is 0.399 e. The Kier molecular flexibility index (Phi) is 9.92. The van der Waals surface area contributed by atoms with Crippen LogP contribution in [0.5, 0.6) is 0 Å². The van der Waals surface area contributed by atoms with Gasteiger partial charge >= 0.3 is 19.5 Å². The molecule has 8 nitrogen and oxygen atoms in total. The lowest BCUT2D eigenvalue weighted by molar-refractivity contribution is -0.142. The number of anilines is 2. The maximum absolute atomic E-state index is 13.0. The maximum Gasteiger partial charge on any atom is 0.498 e. The molecule has 0 atom stereocenters. The predicted octanol–water partition coefficient (Wildman–Crippen LogP) is 4.49. The van der Waals surface area contributed by atoms with Gasteiger partial charge in [0.15, 0.2) is 5.69 Å². The van der Waals surface area contributed by atoms with Crippen LogP contribution in [0.4, 0.5) is 38.2 Å². The standard InChI is InChI=1S/C11H15BF3N3O2.C5H3BrF3N3.2CH4/c1-9(2)10(3,4)20-12(19-9)6-5-17-8(16)18-7(6)11(13,14)15;6-2-1-11-4(10)12-3(2)5(7,8)9;;/h5H,1-4H3,(H2,16,17,18);1H,(H2,10,11,12);2*1H4. The molecule has 1 aliphatic rings. The van der Waals surface area contributed by atoms with Crippen LogP contribution in [0.25, 0.3) is 0 Å². The van der Waals surface area contributed by atoms with Crippen LogP contribution < -0.4 is 16.9 Å². The number of rotatable bonds is 1. The van der Waals surface area contributed by atoms with Gasteiger partial charge in [-0.3, -0.25) is 0 Å². The van der Waals surface area contributed by atoms with Crippen molar-refractivity contribution in [1.29, 1.82) is 0 Å². The minimum Gasteiger partial charge on any atom is -0.399 e. The summed E-state index contributed by atoms with van der Waals surface area (Å²) in [5, 5.41) is 0. The zero-order valence-electron chi connectivity index (χ0n) is 17.1. The lowest BCUT2D eigenvalue weighted by Crippen LogP contribution is -2.41. The summed E-state index contributed by atoms with van der Waals surface area (Å²) in [5.41, 5.74) is 6.24. The van der Waals surface area contributed by atoms with Gasteiger partial charge in [0, 0.05) is 17.9 Å². The van der Waals surface area contributed by atoms with Crippen LogP contribution in [0.3, 0.4) is 0 Å². The molecule has 0 aromatic carbocycles. The molecule has 1 aliphatic heterocycles. The van der Waals surface area contributed by atoms with E-state index in [1.807, 2.05) is 0 Å². The van der Waals surface area contributed by atoms with Gasteiger partial charge in [-0.25, -0.2) is 19.9 Å². The average Bonchev–Trinajstić information content (AvgIpc) is 2.83. The molecule has 1 fully saturated rings. The Hall–Kier alpha value is -2.20. The fourth-order valence-electron chi connectivity index (χ4n) is 2.35. The molecule has 1 saturated heterocycles. The molecule has 0 aliphatic carbocycles. The van der Waals surface area contributed by atoms with Gasteiger partial charge in [0.25, 0.3) is 0 Å². The summed E-state index contributed by atoms with van der Waals surface area (Å²) in [6.45, 7) is 6.99. The van der Waals surface area contributed by atoms with Gasteiger partial charge in [-0.05, 0) is 43.6 Å². The highest BCUT2D eigenvalue weighted by Gasteiger charge is 2.54. The van der Waals surface area contributed by atoms with Gasteiger partial charge in [-0.1, -0.05) is 14.9 Å². The van der Waals surface area contributed by atoms with Gasteiger partial charge in [0.1, 0.15) is 5.69 Å². The first kappa shape index (κ1) is 31.8. The van der Waals surface area contributed by atoms with Crippen molar-refractivity contribution in [3.8, 4) is 0 Å². The molecule has 2 aromatic heterocycles. The summed E-state index contributed by atoms with van der Waals surface area (Å²) in [6, 6.07) is 0. The van der Waals surface area contributed by atoms with Crippen LogP contribution in [0.2, 0.25) is 0 Å². The first-order chi connectivity index (χ1) is 14.3. The molecule has 0 radical (unpaired) electrons. The van der Waals surface area contributed by atoms with Gasteiger partial charge in [0.05, 0.1) is 15.7 Å². The van der Waals surface area contributed by atoms with Crippen molar-refractivity contribution in [2.75, 3.05) is 11.5 Å². The molecule has 3 rings (SSSR count). The molecule has 4 N–H and O–H groups in total. The zero-order chi connectivity index (χ0) is 24.7. The van der Waals surface area contributed by atoms with E-state index in [0.717, 1.165) is 12.4 Å². The van der Waals surface area contributed by atoms with Crippen LogP contribution in [0.1, 0.15) is 53.9 Å². The van der Waals surface area contributed by atoms with Crippen molar-refractivity contribution in [3.05, 3.63) is 28.3 Å². The Morgan fingerprint density at radius 2 is 1.18 bits per heavy atom. The first-order valence-electron chi connectivity index (χ1n) is 8.75. The van der Waals surface area contributed by atoms with E-state index >= 15 is 0 Å². The van der Waals surface area contributed by atoms with Crippen LogP contribution in [0.15, 0.2) is 16.9 Å². The molecule has 0 amide bonds. The number of nitrogens with two attached hydrogens (primary N) is 2. The monoisotopic (exact) mass is 562 g/mol. The van der Waals surface area contributed by atoms with Crippen LogP contribution in [-0.4, -0.2) is 38.3 Å². The Bertz CT molecular complexity index is 974. The van der Waals surface area contributed by atoms with Crippen molar-refractivity contribution in [1.82, 2.24) is 19.9 Å². The van der Waals surface area contributed by atoms with E-state index in [9.17, 15) is 26.3 Å². The van der Waals surface area contributed by atoms with Gasteiger partial charge < -0.3 is 20.8 Å². The molecule has 0 spiro atoms. The van der Waals surface area contributed by atoms with E-state index in [-0.39, 0.29) is 24.8 Å². The molecule has 0 saturated carbocycles. The van der Waals surface area contributed by atoms with Crippen molar-refractivity contribution in [3.63, 3.8) is 0 Å². The Labute approximate surface area is 202 Å². The number of halogens is 7. The SMILES string of the molecule is C.C.CC1(C)OB(c2cnc(N)nc2C(F)(F)F)OC1(C)C.Nc1ncc(Br)c(C(F)(F)F)n1. The van der Waals surface area contributed by atoms with Crippen molar-refractivity contribution >= 4 is 40.4 Å². The third-order valence-corrected chi connectivity index (χ3v) is 5.22. The topological polar surface area (TPSA) is 122 Å². The molecule has 16 heteroatoms. The molecule has 2 aromatic rings. The highest BCUT2D eigenvalue weighted by Crippen LogP contribution is 2.38. The second-order valence-electron chi connectivity index (χ2n) is 7.54. The molecule has 0 bridgehead atoms. The second kappa shape index (κ2) is 10.6. The Balaban J connectivity index is 0.000000675. The van der Waals surface area contributed by atoms with E-state index < -0.39 is 54.0 Å². The number of nitrogens with zero attached hydrogens (tertiary/aromatic N) is 4. The summed E-state index contributed by atoms with van der Waals surface area (Å²) >= 11 is 2.67. The largest absolute Gasteiger partial charge is 0.498 e. The minimum atomic E-state index is -4.66. The summed E-state index contributed by atoms with van der Waals surface area (Å²) < 4.78 is 86.1. The fourth-order valence-corrected chi connectivity index (χ4v) is 2.77.